The number of amides is 1. The summed E-state index contributed by atoms with van der Waals surface area (Å²) in [6, 6.07) is 7.83. The fourth-order valence-electron chi connectivity index (χ4n) is 3.64. The van der Waals surface area contributed by atoms with Crippen LogP contribution in [0.1, 0.15) is 28.2 Å². The van der Waals surface area contributed by atoms with Crippen LogP contribution in [0, 0.1) is 34.6 Å². The molecule has 3 heterocycles. The number of carbonyl (C=O) groups excluding carboxylic acids is 1. The minimum absolute atomic E-state index is 0.0827. The number of aromatic nitrogens is 3. The number of hydrogen-bond acceptors (Lipinski definition) is 5. The minimum Gasteiger partial charge on any atom is -0.324 e. The van der Waals surface area contributed by atoms with Gasteiger partial charge in [-0.25, -0.2) is 9.97 Å². The molecule has 0 saturated carbocycles. The van der Waals surface area contributed by atoms with Crippen LogP contribution < -0.4 is 10.9 Å². The fraction of sp³-hybridized carbons (Fsp3) is 0.273. The maximum absolute atomic E-state index is 13.1. The Bertz CT molecular complexity index is 1350. The van der Waals surface area contributed by atoms with Crippen molar-refractivity contribution in [2.24, 2.45) is 0 Å². The van der Waals surface area contributed by atoms with E-state index in [2.05, 4.69) is 15.3 Å². The highest BCUT2D eigenvalue weighted by Crippen LogP contribution is 2.32. The fourth-order valence-corrected chi connectivity index (χ4v) is 4.82. The number of aryl methyl sites for hydroxylation is 5. The minimum atomic E-state index is -0.255. The number of hydrogen-bond donors (Lipinski definition) is 1. The Balaban J connectivity index is 1.74. The smallest absolute Gasteiger partial charge is 0.272 e. The summed E-state index contributed by atoms with van der Waals surface area (Å²) in [6.45, 7) is 9.56. The first-order valence-electron chi connectivity index (χ1n) is 9.39. The number of carbonyl (C=O) groups is 1. The lowest BCUT2D eigenvalue weighted by atomic mass is 10.1. The number of rotatable bonds is 3. The molecule has 29 heavy (non-hydrogen) atoms. The van der Waals surface area contributed by atoms with Gasteiger partial charge in [-0.15, -0.1) is 11.3 Å². The van der Waals surface area contributed by atoms with Gasteiger partial charge in [0.1, 0.15) is 21.9 Å². The van der Waals surface area contributed by atoms with E-state index in [1.807, 2.05) is 52.0 Å². The largest absolute Gasteiger partial charge is 0.324 e. The summed E-state index contributed by atoms with van der Waals surface area (Å²) in [5, 5.41) is 3.82. The third-order valence-electron chi connectivity index (χ3n) is 5.02. The molecule has 0 saturated heterocycles. The first kappa shape index (κ1) is 19.3. The maximum Gasteiger partial charge on any atom is 0.272 e. The Hall–Kier alpha value is -3.06. The molecule has 0 bridgehead atoms. The quantitative estimate of drug-likeness (QED) is 0.553. The Morgan fingerprint density at radius 2 is 1.83 bits per heavy atom. The number of fused-ring (bicyclic) bond motifs is 3. The summed E-state index contributed by atoms with van der Waals surface area (Å²) in [6.07, 6.45) is 0. The van der Waals surface area contributed by atoms with Crippen molar-refractivity contribution in [3.63, 3.8) is 0 Å². The van der Waals surface area contributed by atoms with E-state index in [0.717, 1.165) is 38.3 Å². The van der Waals surface area contributed by atoms with Crippen molar-refractivity contribution in [3.8, 4) is 0 Å². The van der Waals surface area contributed by atoms with E-state index in [-0.39, 0.29) is 18.0 Å². The molecule has 0 aliphatic rings. The van der Waals surface area contributed by atoms with Gasteiger partial charge in [0.25, 0.3) is 5.56 Å². The lowest BCUT2D eigenvalue weighted by Gasteiger charge is -2.12. The van der Waals surface area contributed by atoms with Crippen LogP contribution in [0.15, 0.2) is 29.1 Å². The molecule has 6 nitrogen and oxygen atoms in total. The van der Waals surface area contributed by atoms with Crippen molar-refractivity contribution in [1.82, 2.24) is 14.5 Å². The molecule has 1 N–H and O–H groups in total. The predicted molar refractivity (Wildman–Crippen MR) is 118 cm³/mol. The van der Waals surface area contributed by atoms with Gasteiger partial charge in [-0.1, -0.05) is 17.7 Å². The van der Waals surface area contributed by atoms with Crippen molar-refractivity contribution >= 4 is 43.4 Å². The number of pyridine rings is 1. The summed E-state index contributed by atoms with van der Waals surface area (Å²) in [5.74, 6) is 0.257. The van der Waals surface area contributed by atoms with Gasteiger partial charge in [-0.2, -0.15) is 0 Å². The maximum atomic E-state index is 13.1. The van der Waals surface area contributed by atoms with Gasteiger partial charge in [0.2, 0.25) is 5.91 Å². The Morgan fingerprint density at radius 3 is 2.55 bits per heavy atom. The molecule has 0 atom stereocenters. The molecule has 4 aromatic rings. The molecule has 0 spiro atoms. The molecule has 0 fully saturated rings. The Labute approximate surface area is 172 Å². The summed E-state index contributed by atoms with van der Waals surface area (Å²) in [5.41, 5.74) is 5.29. The zero-order chi connectivity index (χ0) is 20.9. The molecule has 7 heteroatoms. The van der Waals surface area contributed by atoms with Crippen LogP contribution >= 0.6 is 11.3 Å². The lowest BCUT2D eigenvalue weighted by molar-refractivity contribution is -0.116. The van der Waals surface area contributed by atoms with Crippen molar-refractivity contribution < 1.29 is 4.79 Å². The van der Waals surface area contributed by atoms with Crippen molar-refractivity contribution in [2.45, 2.75) is 41.2 Å². The van der Waals surface area contributed by atoms with Gasteiger partial charge in [0, 0.05) is 16.8 Å². The lowest BCUT2D eigenvalue weighted by Crippen LogP contribution is -2.29. The molecular weight excluding hydrogens is 384 g/mol. The van der Waals surface area contributed by atoms with Crippen molar-refractivity contribution in [3.05, 3.63) is 62.8 Å². The highest BCUT2D eigenvalue weighted by Gasteiger charge is 2.18. The van der Waals surface area contributed by atoms with Gasteiger partial charge < -0.3 is 5.32 Å². The number of thiophene rings is 1. The standard InChI is InChI=1S/C22H22N4O2S/c1-11-6-7-16(12(2)8-11)25-17(27)10-26-15(5)24-19-18-13(3)9-14(4)23-21(18)29-20(19)22(26)28/h6-9H,10H2,1-5H3,(H,25,27). The van der Waals surface area contributed by atoms with Gasteiger partial charge in [-0.3, -0.25) is 14.2 Å². The predicted octanol–water partition coefficient (Wildman–Crippen LogP) is 4.19. The third-order valence-corrected chi connectivity index (χ3v) is 6.08. The van der Waals surface area contributed by atoms with E-state index < -0.39 is 0 Å². The number of anilines is 1. The zero-order valence-electron chi connectivity index (χ0n) is 17.1. The summed E-state index contributed by atoms with van der Waals surface area (Å²) >= 11 is 1.34. The SMILES string of the molecule is Cc1ccc(NC(=O)Cn2c(C)nc3c(sc4nc(C)cc(C)c43)c2=O)c(C)c1. The van der Waals surface area contributed by atoms with Gasteiger partial charge in [0.15, 0.2) is 0 Å². The second kappa shape index (κ2) is 7.08. The molecule has 4 rings (SSSR count). The van der Waals surface area contributed by atoms with Crippen LogP contribution in [0.5, 0.6) is 0 Å². The van der Waals surface area contributed by atoms with E-state index in [4.69, 9.17) is 0 Å². The van der Waals surface area contributed by atoms with E-state index in [1.54, 1.807) is 6.92 Å². The topological polar surface area (TPSA) is 76.9 Å². The third kappa shape index (κ3) is 3.42. The highest BCUT2D eigenvalue weighted by atomic mass is 32.1. The van der Waals surface area contributed by atoms with Crippen LogP contribution in [0.4, 0.5) is 5.69 Å². The molecule has 148 valence electrons. The van der Waals surface area contributed by atoms with Gasteiger partial charge in [-0.05, 0) is 57.9 Å². The zero-order valence-corrected chi connectivity index (χ0v) is 17.9. The van der Waals surface area contributed by atoms with Crippen molar-refractivity contribution in [2.75, 3.05) is 5.32 Å². The number of benzene rings is 1. The summed E-state index contributed by atoms with van der Waals surface area (Å²) in [4.78, 5) is 35.8. The van der Waals surface area contributed by atoms with E-state index in [0.29, 0.717) is 16.0 Å². The van der Waals surface area contributed by atoms with Crippen LogP contribution in [-0.2, 0) is 11.3 Å². The highest BCUT2D eigenvalue weighted by molar-refractivity contribution is 7.25. The second-order valence-electron chi connectivity index (χ2n) is 7.46. The van der Waals surface area contributed by atoms with Gasteiger partial charge >= 0.3 is 0 Å². The molecule has 1 amide bonds. The molecule has 0 aliphatic carbocycles. The van der Waals surface area contributed by atoms with E-state index in [9.17, 15) is 9.59 Å². The number of nitrogens with one attached hydrogen (secondary N) is 1. The Morgan fingerprint density at radius 1 is 1.07 bits per heavy atom. The molecule has 0 radical (unpaired) electrons. The number of nitrogens with zero attached hydrogens (tertiary/aromatic N) is 3. The van der Waals surface area contributed by atoms with Crippen LogP contribution in [0.3, 0.4) is 0 Å². The first-order valence-corrected chi connectivity index (χ1v) is 10.2. The molecule has 1 aromatic carbocycles. The van der Waals surface area contributed by atoms with E-state index in [1.165, 1.54) is 15.9 Å². The van der Waals surface area contributed by atoms with Crippen LogP contribution in [0.25, 0.3) is 20.4 Å². The summed E-state index contributed by atoms with van der Waals surface area (Å²) < 4.78 is 1.96. The normalized spacial score (nSPS) is 11.3. The monoisotopic (exact) mass is 406 g/mol. The molecule has 0 aliphatic heterocycles. The van der Waals surface area contributed by atoms with Crippen molar-refractivity contribution in [1.29, 1.82) is 0 Å². The molecule has 3 aromatic heterocycles. The summed E-state index contributed by atoms with van der Waals surface area (Å²) in [7, 11) is 0. The molecular formula is C22H22N4O2S. The average Bonchev–Trinajstić information content (AvgIpc) is 2.99. The van der Waals surface area contributed by atoms with Gasteiger partial charge in [0.05, 0.1) is 5.52 Å². The van der Waals surface area contributed by atoms with Crippen LogP contribution in [0.2, 0.25) is 0 Å². The van der Waals surface area contributed by atoms with Crippen LogP contribution in [-0.4, -0.2) is 20.4 Å². The first-order chi connectivity index (χ1) is 13.7. The second-order valence-corrected chi connectivity index (χ2v) is 8.46. The average molecular weight is 407 g/mol. The Kier molecular flexibility index (Phi) is 4.70. The van der Waals surface area contributed by atoms with E-state index >= 15 is 0 Å². The molecule has 0 unspecified atom stereocenters.